The van der Waals surface area contributed by atoms with Gasteiger partial charge >= 0.3 is 0 Å². The number of halogens is 1. The molecule has 1 aliphatic carbocycles. The Kier molecular flexibility index (Phi) is 4.26. The van der Waals surface area contributed by atoms with Crippen molar-refractivity contribution >= 4 is 0 Å². The van der Waals surface area contributed by atoms with Crippen LogP contribution in [0.15, 0.2) is 18.2 Å². The third kappa shape index (κ3) is 2.98. The largest absolute Gasteiger partial charge is 0.376 e. The summed E-state index contributed by atoms with van der Waals surface area (Å²) in [4.78, 5) is 0. The molecule has 0 aliphatic heterocycles. The summed E-state index contributed by atoms with van der Waals surface area (Å²) in [6.45, 7) is 4.15. The number of benzene rings is 1. The van der Waals surface area contributed by atoms with Crippen molar-refractivity contribution in [2.45, 2.75) is 51.2 Å². The summed E-state index contributed by atoms with van der Waals surface area (Å²) in [5, 5.41) is 0. The zero-order valence-electron chi connectivity index (χ0n) is 12.1. The summed E-state index contributed by atoms with van der Waals surface area (Å²) in [5.74, 6) is 0.505. The van der Waals surface area contributed by atoms with Gasteiger partial charge < -0.3 is 10.5 Å². The van der Waals surface area contributed by atoms with Crippen molar-refractivity contribution in [3.63, 3.8) is 0 Å². The van der Waals surface area contributed by atoms with E-state index < -0.39 is 0 Å². The number of ether oxygens (including phenoxy) is 1. The first-order chi connectivity index (χ1) is 8.97. The molecule has 2 nitrogen and oxygen atoms in total. The normalized spacial score (nSPS) is 29.2. The molecule has 1 aromatic rings. The maximum atomic E-state index is 13.5. The van der Waals surface area contributed by atoms with Crippen LogP contribution in [-0.2, 0) is 4.74 Å². The van der Waals surface area contributed by atoms with Crippen LogP contribution >= 0.6 is 0 Å². The minimum atomic E-state index is -0.341. The second-order valence-corrected chi connectivity index (χ2v) is 5.99. The zero-order chi connectivity index (χ0) is 14.0. The summed E-state index contributed by atoms with van der Waals surface area (Å²) in [5.41, 5.74) is 7.81. The van der Waals surface area contributed by atoms with Gasteiger partial charge in [0.05, 0.1) is 11.6 Å². The summed E-state index contributed by atoms with van der Waals surface area (Å²) >= 11 is 0. The minimum absolute atomic E-state index is 0.221. The van der Waals surface area contributed by atoms with Gasteiger partial charge in [0.25, 0.3) is 0 Å². The molecule has 0 amide bonds. The number of rotatable bonds is 3. The van der Waals surface area contributed by atoms with Crippen molar-refractivity contribution in [3.8, 4) is 0 Å². The summed E-state index contributed by atoms with van der Waals surface area (Å²) in [7, 11) is 1.72. The molecule has 106 valence electrons. The van der Waals surface area contributed by atoms with Crippen molar-refractivity contribution in [2.24, 2.45) is 11.7 Å². The molecule has 1 aliphatic rings. The third-order valence-corrected chi connectivity index (χ3v) is 4.52. The topological polar surface area (TPSA) is 35.2 Å². The van der Waals surface area contributed by atoms with Gasteiger partial charge in [-0.15, -0.1) is 0 Å². The molecule has 2 rings (SSSR count). The molecule has 0 saturated heterocycles. The SMILES string of the molecule is COC1(C(N)c2cc(C)cc(F)c2)CCC(C)CC1. The monoisotopic (exact) mass is 265 g/mol. The van der Waals surface area contributed by atoms with Crippen LogP contribution in [0, 0.1) is 18.7 Å². The van der Waals surface area contributed by atoms with E-state index in [-0.39, 0.29) is 17.5 Å². The Bertz CT molecular complexity index is 418. The van der Waals surface area contributed by atoms with E-state index in [1.165, 1.54) is 12.1 Å². The van der Waals surface area contributed by atoms with Crippen molar-refractivity contribution in [2.75, 3.05) is 7.11 Å². The van der Waals surface area contributed by atoms with Gasteiger partial charge in [0.15, 0.2) is 0 Å². The van der Waals surface area contributed by atoms with Crippen LogP contribution in [0.25, 0.3) is 0 Å². The molecule has 1 aromatic carbocycles. The lowest BCUT2D eigenvalue weighted by Crippen LogP contribution is -2.45. The maximum absolute atomic E-state index is 13.5. The van der Waals surface area contributed by atoms with E-state index >= 15 is 0 Å². The molecule has 2 N–H and O–H groups in total. The molecule has 0 heterocycles. The van der Waals surface area contributed by atoms with E-state index in [1.54, 1.807) is 7.11 Å². The highest BCUT2D eigenvalue weighted by Crippen LogP contribution is 2.41. The molecule has 3 heteroatoms. The Labute approximate surface area is 115 Å². The molecular formula is C16H24FNO. The zero-order valence-corrected chi connectivity index (χ0v) is 12.1. The van der Waals surface area contributed by atoms with Gasteiger partial charge in [0, 0.05) is 7.11 Å². The first-order valence-corrected chi connectivity index (χ1v) is 7.05. The van der Waals surface area contributed by atoms with Gasteiger partial charge in [0.2, 0.25) is 0 Å². The molecule has 0 aromatic heterocycles. The highest BCUT2D eigenvalue weighted by Gasteiger charge is 2.40. The molecule has 19 heavy (non-hydrogen) atoms. The Balaban J connectivity index is 2.27. The van der Waals surface area contributed by atoms with E-state index in [2.05, 4.69) is 6.92 Å². The van der Waals surface area contributed by atoms with E-state index in [9.17, 15) is 4.39 Å². The summed E-state index contributed by atoms with van der Waals surface area (Å²) < 4.78 is 19.3. The molecule has 0 spiro atoms. The fourth-order valence-corrected chi connectivity index (χ4v) is 3.14. The smallest absolute Gasteiger partial charge is 0.123 e. The number of nitrogens with two attached hydrogens (primary N) is 1. The van der Waals surface area contributed by atoms with E-state index in [0.717, 1.165) is 42.7 Å². The third-order valence-electron chi connectivity index (χ3n) is 4.52. The van der Waals surface area contributed by atoms with Gasteiger partial charge in [-0.25, -0.2) is 4.39 Å². The highest BCUT2D eigenvalue weighted by molar-refractivity contribution is 5.28. The molecule has 1 fully saturated rings. The lowest BCUT2D eigenvalue weighted by molar-refractivity contribution is -0.0672. The minimum Gasteiger partial charge on any atom is -0.376 e. The maximum Gasteiger partial charge on any atom is 0.123 e. The van der Waals surface area contributed by atoms with Gasteiger partial charge in [0.1, 0.15) is 5.82 Å². The second kappa shape index (κ2) is 5.59. The summed E-state index contributed by atoms with van der Waals surface area (Å²) in [6, 6.07) is 4.76. The van der Waals surface area contributed by atoms with Crippen LogP contribution in [0.4, 0.5) is 4.39 Å². The molecule has 0 bridgehead atoms. The van der Waals surface area contributed by atoms with Crippen molar-refractivity contribution in [1.29, 1.82) is 0 Å². The van der Waals surface area contributed by atoms with E-state index in [4.69, 9.17) is 10.5 Å². The molecule has 0 radical (unpaired) electrons. The van der Waals surface area contributed by atoms with Crippen molar-refractivity contribution in [1.82, 2.24) is 0 Å². The quantitative estimate of drug-likeness (QED) is 0.903. The fourth-order valence-electron chi connectivity index (χ4n) is 3.14. The van der Waals surface area contributed by atoms with E-state index in [0.29, 0.717) is 0 Å². The molecule has 1 saturated carbocycles. The standard InChI is InChI=1S/C16H24FNO/c1-11-4-6-16(19-3,7-5-11)15(18)13-8-12(2)9-14(17)10-13/h8-11,15H,4-7,18H2,1-3H3. The molecular weight excluding hydrogens is 241 g/mol. The highest BCUT2D eigenvalue weighted by atomic mass is 19.1. The van der Waals surface area contributed by atoms with Crippen LogP contribution in [0.2, 0.25) is 0 Å². The van der Waals surface area contributed by atoms with Crippen molar-refractivity contribution < 1.29 is 9.13 Å². The van der Waals surface area contributed by atoms with Crippen molar-refractivity contribution in [3.05, 3.63) is 35.1 Å². The Hall–Kier alpha value is -0.930. The van der Waals surface area contributed by atoms with Gasteiger partial charge in [-0.05, 0) is 61.8 Å². The number of aryl methyl sites for hydroxylation is 1. The number of hydrogen-bond acceptors (Lipinski definition) is 2. The lowest BCUT2D eigenvalue weighted by atomic mass is 9.73. The number of hydrogen-bond donors (Lipinski definition) is 1. The lowest BCUT2D eigenvalue weighted by Gasteiger charge is -2.42. The van der Waals surface area contributed by atoms with Crippen LogP contribution < -0.4 is 5.73 Å². The average molecular weight is 265 g/mol. The second-order valence-electron chi connectivity index (χ2n) is 5.99. The first-order valence-electron chi connectivity index (χ1n) is 7.05. The van der Waals surface area contributed by atoms with Gasteiger partial charge in [-0.2, -0.15) is 0 Å². The Morgan fingerprint density at radius 3 is 2.47 bits per heavy atom. The Morgan fingerprint density at radius 1 is 1.32 bits per heavy atom. The first kappa shape index (κ1) is 14.5. The number of methoxy groups -OCH3 is 1. The van der Waals surface area contributed by atoms with Gasteiger partial charge in [-0.3, -0.25) is 0 Å². The summed E-state index contributed by atoms with van der Waals surface area (Å²) in [6.07, 6.45) is 4.13. The molecule has 1 atom stereocenters. The molecule has 1 unspecified atom stereocenters. The van der Waals surface area contributed by atoms with Crippen LogP contribution in [-0.4, -0.2) is 12.7 Å². The van der Waals surface area contributed by atoms with Crippen LogP contribution in [0.1, 0.15) is 49.8 Å². The van der Waals surface area contributed by atoms with E-state index in [1.807, 2.05) is 13.0 Å². The predicted octanol–water partition coefficient (Wildman–Crippen LogP) is 3.73. The predicted molar refractivity (Wildman–Crippen MR) is 75.4 cm³/mol. The van der Waals surface area contributed by atoms with Crippen LogP contribution in [0.5, 0.6) is 0 Å². The Morgan fingerprint density at radius 2 is 1.95 bits per heavy atom. The fraction of sp³-hybridized carbons (Fsp3) is 0.625. The average Bonchev–Trinajstić information content (AvgIpc) is 2.38. The van der Waals surface area contributed by atoms with Crippen LogP contribution in [0.3, 0.4) is 0 Å². The van der Waals surface area contributed by atoms with Gasteiger partial charge in [-0.1, -0.05) is 13.0 Å².